The number of carbonyl (C=O) groups is 2. The van der Waals surface area contributed by atoms with Gasteiger partial charge in [0.25, 0.3) is 0 Å². The lowest BCUT2D eigenvalue weighted by Gasteiger charge is -2.26. The molecule has 1 atom stereocenters. The van der Waals surface area contributed by atoms with Crippen molar-refractivity contribution in [1.82, 2.24) is 20.0 Å². The van der Waals surface area contributed by atoms with E-state index in [1.807, 2.05) is 12.1 Å². The molecule has 0 radical (unpaired) electrons. The number of aromatic nitrogens is 4. The van der Waals surface area contributed by atoms with Crippen molar-refractivity contribution in [3.63, 3.8) is 0 Å². The molecule has 1 fully saturated rings. The van der Waals surface area contributed by atoms with Gasteiger partial charge in [0.05, 0.1) is 30.1 Å². The van der Waals surface area contributed by atoms with E-state index in [1.165, 1.54) is 11.3 Å². The molecular formula is C22H25N5O4S. The number of nitrogens with zero attached hydrogens (tertiary/aromatic N) is 4. The number of benzene rings is 1. The summed E-state index contributed by atoms with van der Waals surface area (Å²) in [6.45, 7) is 1.78. The fraction of sp³-hybridized carbons (Fsp3) is 0.409. The standard InChI is InChI=1S/C22H25N5O4S/c28-8-7-27-13-19(25-26-27)20-12-23-22(32-20)24-21(30)18(11-15-5-9-31-10-6-15)17-3-1-16(14-29)2-4-17/h1-4,12-15,18,28H,5-11H2,(H,23,24,30). The molecule has 1 aliphatic rings. The minimum absolute atomic E-state index is 0.0187. The summed E-state index contributed by atoms with van der Waals surface area (Å²) in [4.78, 5) is 29.4. The van der Waals surface area contributed by atoms with Crippen LogP contribution in [0.4, 0.5) is 5.13 Å². The van der Waals surface area contributed by atoms with E-state index in [2.05, 4.69) is 20.6 Å². The van der Waals surface area contributed by atoms with Gasteiger partial charge in [0.2, 0.25) is 5.91 Å². The molecule has 3 aromatic rings. The second kappa shape index (κ2) is 10.6. The predicted molar refractivity (Wildman–Crippen MR) is 120 cm³/mol. The molecule has 9 nitrogen and oxygen atoms in total. The second-order valence-electron chi connectivity index (χ2n) is 7.74. The molecule has 2 N–H and O–H groups in total. The molecule has 168 valence electrons. The number of anilines is 1. The topological polar surface area (TPSA) is 119 Å². The first-order valence-corrected chi connectivity index (χ1v) is 11.4. The van der Waals surface area contributed by atoms with Crippen LogP contribution in [0.15, 0.2) is 36.7 Å². The maximum atomic E-state index is 13.3. The molecule has 0 bridgehead atoms. The molecule has 0 saturated carbocycles. The third kappa shape index (κ3) is 5.45. The summed E-state index contributed by atoms with van der Waals surface area (Å²) in [5, 5.41) is 20.5. The van der Waals surface area contributed by atoms with E-state index < -0.39 is 0 Å². The lowest BCUT2D eigenvalue weighted by molar-refractivity contribution is -0.118. The van der Waals surface area contributed by atoms with Crippen LogP contribution in [0.3, 0.4) is 0 Å². The van der Waals surface area contributed by atoms with Gasteiger partial charge in [0, 0.05) is 25.0 Å². The van der Waals surface area contributed by atoms with E-state index in [1.54, 1.807) is 29.2 Å². The highest BCUT2D eigenvalue weighted by molar-refractivity contribution is 7.19. The fourth-order valence-corrected chi connectivity index (χ4v) is 4.55. The maximum Gasteiger partial charge on any atom is 0.233 e. The van der Waals surface area contributed by atoms with Gasteiger partial charge in [0.1, 0.15) is 12.0 Å². The minimum atomic E-state index is -0.350. The van der Waals surface area contributed by atoms with Crippen LogP contribution in [0, 0.1) is 5.92 Å². The summed E-state index contributed by atoms with van der Waals surface area (Å²) in [6.07, 6.45) is 6.76. The van der Waals surface area contributed by atoms with Crippen LogP contribution in [-0.4, -0.2) is 57.1 Å². The highest BCUT2D eigenvalue weighted by atomic mass is 32.1. The predicted octanol–water partition coefficient (Wildman–Crippen LogP) is 2.75. The van der Waals surface area contributed by atoms with E-state index in [-0.39, 0.29) is 18.4 Å². The van der Waals surface area contributed by atoms with Crippen molar-refractivity contribution < 1.29 is 19.4 Å². The van der Waals surface area contributed by atoms with Crippen LogP contribution < -0.4 is 5.32 Å². The quantitative estimate of drug-likeness (QED) is 0.476. The smallest absolute Gasteiger partial charge is 0.233 e. The van der Waals surface area contributed by atoms with Crippen molar-refractivity contribution in [2.45, 2.75) is 31.7 Å². The molecule has 4 rings (SSSR count). The van der Waals surface area contributed by atoms with Crippen LogP contribution in [0.1, 0.15) is 41.1 Å². The van der Waals surface area contributed by atoms with Gasteiger partial charge in [0.15, 0.2) is 5.13 Å². The summed E-state index contributed by atoms with van der Waals surface area (Å²) < 4.78 is 7.02. The molecule has 1 amide bonds. The number of aldehydes is 1. The van der Waals surface area contributed by atoms with Crippen molar-refractivity contribution in [2.75, 3.05) is 25.1 Å². The first-order chi connectivity index (χ1) is 15.7. The lowest BCUT2D eigenvalue weighted by Crippen LogP contribution is -2.26. The van der Waals surface area contributed by atoms with Gasteiger partial charge in [-0.3, -0.25) is 9.59 Å². The number of hydrogen-bond donors (Lipinski definition) is 2. The zero-order valence-electron chi connectivity index (χ0n) is 17.5. The van der Waals surface area contributed by atoms with Crippen LogP contribution in [-0.2, 0) is 16.1 Å². The number of thiazole rings is 1. The Morgan fingerprint density at radius 3 is 2.81 bits per heavy atom. The molecule has 3 heterocycles. The summed E-state index contributed by atoms with van der Waals surface area (Å²) in [5.41, 5.74) is 2.10. The van der Waals surface area contributed by atoms with E-state index in [9.17, 15) is 9.59 Å². The van der Waals surface area contributed by atoms with Crippen LogP contribution in [0.5, 0.6) is 0 Å². The van der Waals surface area contributed by atoms with Gasteiger partial charge in [-0.05, 0) is 30.7 Å². The SMILES string of the molecule is O=Cc1ccc(C(CC2CCOCC2)C(=O)Nc2ncc(-c3cn(CCO)nn3)s2)cc1. The normalized spacial score (nSPS) is 15.4. The molecule has 1 unspecified atom stereocenters. The average molecular weight is 456 g/mol. The number of nitrogens with one attached hydrogen (secondary N) is 1. The number of hydrogen-bond acceptors (Lipinski definition) is 8. The Labute approximate surface area is 189 Å². The number of amides is 1. The van der Waals surface area contributed by atoms with Gasteiger partial charge >= 0.3 is 0 Å². The molecule has 10 heteroatoms. The van der Waals surface area contributed by atoms with Crippen molar-refractivity contribution in [3.8, 4) is 10.6 Å². The minimum Gasteiger partial charge on any atom is -0.394 e. The fourth-order valence-electron chi connectivity index (χ4n) is 3.78. The van der Waals surface area contributed by atoms with Crippen molar-refractivity contribution in [1.29, 1.82) is 0 Å². The Balaban J connectivity index is 1.49. The highest BCUT2D eigenvalue weighted by Gasteiger charge is 2.27. The maximum absolute atomic E-state index is 13.3. The summed E-state index contributed by atoms with van der Waals surface area (Å²) >= 11 is 1.32. The zero-order valence-corrected chi connectivity index (χ0v) is 18.3. The van der Waals surface area contributed by atoms with Gasteiger partial charge in [-0.15, -0.1) is 5.10 Å². The van der Waals surface area contributed by atoms with E-state index >= 15 is 0 Å². The third-order valence-electron chi connectivity index (χ3n) is 5.56. The number of carbonyl (C=O) groups excluding carboxylic acids is 2. The highest BCUT2D eigenvalue weighted by Crippen LogP contribution is 2.32. The van der Waals surface area contributed by atoms with Gasteiger partial charge in [-0.2, -0.15) is 0 Å². The first-order valence-electron chi connectivity index (χ1n) is 10.6. The molecule has 1 aromatic carbocycles. The summed E-state index contributed by atoms with van der Waals surface area (Å²) in [7, 11) is 0. The van der Waals surface area contributed by atoms with Crippen LogP contribution in [0.25, 0.3) is 10.6 Å². The zero-order chi connectivity index (χ0) is 22.3. The van der Waals surface area contributed by atoms with Gasteiger partial charge in [-0.1, -0.05) is 40.8 Å². The Morgan fingerprint density at radius 2 is 2.09 bits per heavy atom. The van der Waals surface area contributed by atoms with Crippen molar-refractivity contribution >= 4 is 28.7 Å². The number of aliphatic hydroxyl groups is 1. The number of rotatable bonds is 9. The monoisotopic (exact) mass is 455 g/mol. The first kappa shape index (κ1) is 22.3. The largest absolute Gasteiger partial charge is 0.394 e. The van der Waals surface area contributed by atoms with Gasteiger partial charge < -0.3 is 15.2 Å². The van der Waals surface area contributed by atoms with Crippen LogP contribution >= 0.6 is 11.3 Å². The Bertz CT molecular complexity index is 1040. The molecule has 32 heavy (non-hydrogen) atoms. The molecule has 2 aromatic heterocycles. The van der Waals surface area contributed by atoms with Crippen molar-refractivity contribution in [3.05, 3.63) is 47.8 Å². The van der Waals surface area contributed by atoms with Crippen LogP contribution in [0.2, 0.25) is 0 Å². The number of aliphatic hydroxyl groups excluding tert-OH is 1. The third-order valence-corrected chi connectivity index (χ3v) is 6.49. The lowest BCUT2D eigenvalue weighted by atomic mass is 9.84. The number of ether oxygens (including phenoxy) is 1. The van der Waals surface area contributed by atoms with E-state index in [0.29, 0.717) is 35.3 Å². The molecule has 1 saturated heterocycles. The van der Waals surface area contributed by atoms with E-state index in [4.69, 9.17) is 9.84 Å². The van der Waals surface area contributed by atoms with E-state index in [0.717, 1.165) is 42.8 Å². The molecule has 0 spiro atoms. The Morgan fingerprint density at radius 1 is 1.31 bits per heavy atom. The molecular weight excluding hydrogens is 430 g/mol. The molecule has 1 aliphatic heterocycles. The van der Waals surface area contributed by atoms with Crippen molar-refractivity contribution in [2.24, 2.45) is 5.92 Å². The average Bonchev–Trinajstić information content (AvgIpc) is 3.48. The Hall–Kier alpha value is -2.95. The Kier molecular flexibility index (Phi) is 7.35. The summed E-state index contributed by atoms with van der Waals surface area (Å²) in [6, 6.07) is 7.17. The molecule has 0 aliphatic carbocycles. The second-order valence-corrected chi connectivity index (χ2v) is 8.77. The summed E-state index contributed by atoms with van der Waals surface area (Å²) in [5.74, 6) is -0.0737. The van der Waals surface area contributed by atoms with Gasteiger partial charge in [-0.25, -0.2) is 9.67 Å².